The molecule has 0 spiro atoms. The average Bonchev–Trinajstić information content (AvgIpc) is 2.84. The lowest BCUT2D eigenvalue weighted by molar-refractivity contribution is -0.129. The maximum absolute atomic E-state index is 12.6. The zero-order chi connectivity index (χ0) is 16.1. The quantitative estimate of drug-likeness (QED) is 0.683. The number of hydrogen-bond acceptors (Lipinski definition) is 2. The fraction of sp³-hybridized carbons (Fsp3) is 0.421. The van der Waals surface area contributed by atoms with Gasteiger partial charge in [0, 0.05) is 40.2 Å². The molecule has 2 atom stereocenters. The monoisotopic (exact) mass is 420 g/mol. The summed E-state index contributed by atoms with van der Waals surface area (Å²) in [5.74, 6) is 0.417. The average molecular weight is 420 g/mol. The highest BCUT2D eigenvalue weighted by molar-refractivity contribution is 14.1. The van der Waals surface area contributed by atoms with Gasteiger partial charge < -0.3 is 4.57 Å². The Hall–Kier alpha value is -1.14. The number of benzene rings is 1. The first kappa shape index (κ1) is 15.4. The molecule has 4 rings (SSSR count). The molecule has 2 bridgehead atoms. The van der Waals surface area contributed by atoms with E-state index in [1.807, 2.05) is 0 Å². The van der Waals surface area contributed by atoms with E-state index in [-0.39, 0.29) is 6.04 Å². The predicted molar refractivity (Wildman–Crippen MR) is 102 cm³/mol. The largest absolute Gasteiger partial charge is 0.346 e. The third-order valence-electron chi connectivity index (χ3n) is 5.46. The smallest absolute Gasteiger partial charge is 0.150 e. The molecule has 0 saturated carbocycles. The van der Waals surface area contributed by atoms with Gasteiger partial charge in [-0.2, -0.15) is 0 Å². The molecule has 0 unspecified atom stereocenters. The highest BCUT2D eigenvalue weighted by Crippen LogP contribution is 2.44. The number of hydrogen-bond donors (Lipinski definition) is 0. The Morgan fingerprint density at radius 2 is 2.13 bits per heavy atom. The lowest BCUT2D eigenvalue weighted by Gasteiger charge is -2.45. The minimum atomic E-state index is 0.0526. The van der Waals surface area contributed by atoms with Gasteiger partial charge in [-0.15, -0.1) is 0 Å². The number of rotatable bonds is 2. The molecule has 0 amide bonds. The van der Waals surface area contributed by atoms with Crippen LogP contribution in [-0.2, 0) is 18.3 Å². The zero-order valence-corrected chi connectivity index (χ0v) is 15.7. The standard InChI is InChI=1S/C19H21IN2O/c1-3-12(20)11-22-16-8-9-18(23)17(22)10-14-13-6-4-5-7-15(13)21(2)19(14)16/h3-7,16-17H,8-11H2,1-2H3/b12-3-/t16-,17-/m0/s1. The third-order valence-corrected chi connectivity index (χ3v) is 6.42. The van der Waals surface area contributed by atoms with Gasteiger partial charge in [0.15, 0.2) is 0 Å². The van der Waals surface area contributed by atoms with Crippen molar-refractivity contribution in [3.63, 3.8) is 0 Å². The number of fused-ring (bicyclic) bond motifs is 6. The van der Waals surface area contributed by atoms with Crippen molar-refractivity contribution in [2.45, 2.75) is 38.3 Å². The van der Waals surface area contributed by atoms with Gasteiger partial charge in [-0.1, -0.05) is 24.3 Å². The van der Waals surface area contributed by atoms with E-state index in [1.165, 1.54) is 25.7 Å². The first-order chi connectivity index (χ1) is 11.1. The van der Waals surface area contributed by atoms with Crippen LogP contribution in [0.15, 0.2) is 33.9 Å². The van der Waals surface area contributed by atoms with Gasteiger partial charge in [0.2, 0.25) is 0 Å². The van der Waals surface area contributed by atoms with Crippen molar-refractivity contribution in [3.05, 3.63) is 45.2 Å². The van der Waals surface area contributed by atoms with Crippen molar-refractivity contribution < 1.29 is 4.79 Å². The van der Waals surface area contributed by atoms with Crippen molar-refractivity contribution in [1.29, 1.82) is 0 Å². The molecule has 0 N–H and O–H groups in total. The number of aryl methyl sites for hydroxylation is 1. The molecular weight excluding hydrogens is 399 g/mol. The number of piperidine rings is 1. The first-order valence-corrected chi connectivity index (χ1v) is 9.35. The van der Waals surface area contributed by atoms with Crippen molar-refractivity contribution >= 4 is 39.3 Å². The fourth-order valence-corrected chi connectivity index (χ4v) is 4.74. The van der Waals surface area contributed by atoms with Crippen LogP contribution in [0, 0.1) is 0 Å². The van der Waals surface area contributed by atoms with Crippen LogP contribution in [0.1, 0.15) is 37.1 Å². The maximum Gasteiger partial charge on any atom is 0.150 e. The van der Waals surface area contributed by atoms with Crippen LogP contribution in [-0.4, -0.2) is 27.8 Å². The number of halogens is 1. The van der Waals surface area contributed by atoms with Gasteiger partial charge in [0.1, 0.15) is 5.78 Å². The lowest BCUT2D eigenvalue weighted by Crippen LogP contribution is -2.52. The number of ketones is 1. The van der Waals surface area contributed by atoms with E-state index in [4.69, 9.17) is 0 Å². The van der Waals surface area contributed by atoms with Crippen LogP contribution in [0.2, 0.25) is 0 Å². The molecule has 2 aromatic rings. The van der Waals surface area contributed by atoms with E-state index in [0.29, 0.717) is 11.8 Å². The summed E-state index contributed by atoms with van der Waals surface area (Å²) < 4.78 is 3.67. The van der Waals surface area contributed by atoms with Gasteiger partial charge in [0.25, 0.3) is 0 Å². The SMILES string of the molecule is C/C=C(\I)CN1[C@H]2Cc3c(n(C)c4ccccc34)[C@@H]1CCC2=O. The third kappa shape index (κ3) is 2.30. The normalized spacial score (nSPS) is 25.0. The number of carbonyl (C=O) groups excluding carboxylic acids is 1. The molecule has 2 aliphatic heterocycles. The molecule has 3 nitrogen and oxygen atoms in total. The second kappa shape index (κ2) is 5.74. The molecule has 1 aromatic carbocycles. The van der Waals surface area contributed by atoms with Gasteiger partial charge in [-0.05, 0) is 54.0 Å². The Balaban J connectivity index is 1.89. The van der Waals surface area contributed by atoms with Crippen LogP contribution in [0.4, 0.5) is 0 Å². The Morgan fingerprint density at radius 1 is 1.35 bits per heavy atom. The van der Waals surface area contributed by atoms with Gasteiger partial charge in [0.05, 0.1) is 12.1 Å². The van der Waals surface area contributed by atoms with Crippen molar-refractivity contribution in [2.75, 3.05) is 6.54 Å². The summed E-state index contributed by atoms with van der Waals surface area (Å²) in [5, 5.41) is 1.33. The number of para-hydroxylation sites is 1. The molecule has 1 saturated heterocycles. The summed E-state index contributed by atoms with van der Waals surface area (Å²) in [5.41, 5.74) is 4.12. The minimum Gasteiger partial charge on any atom is -0.346 e. The van der Waals surface area contributed by atoms with E-state index in [9.17, 15) is 4.79 Å². The molecule has 1 aromatic heterocycles. The Labute approximate surface area is 150 Å². The number of aromatic nitrogens is 1. The number of nitrogens with zero attached hydrogens (tertiary/aromatic N) is 2. The topological polar surface area (TPSA) is 25.2 Å². The molecule has 23 heavy (non-hydrogen) atoms. The van der Waals surface area contributed by atoms with Crippen molar-refractivity contribution in [3.8, 4) is 0 Å². The minimum absolute atomic E-state index is 0.0526. The van der Waals surface area contributed by atoms with Gasteiger partial charge >= 0.3 is 0 Å². The van der Waals surface area contributed by atoms with Gasteiger partial charge in [-0.25, -0.2) is 0 Å². The number of Topliss-reactive ketones (excluding diaryl/α,β-unsaturated/α-hetero) is 1. The predicted octanol–water partition coefficient (Wildman–Crippen LogP) is 4.15. The summed E-state index contributed by atoms with van der Waals surface area (Å²) in [4.78, 5) is 15.0. The fourth-order valence-electron chi connectivity index (χ4n) is 4.35. The van der Waals surface area contributed by atoms with Crippen LogP contribution < -0.4 is 0 Å². The highest BCUT2D eigenvalue weighted by atomic mass is 127. The number of allylic oxidation sites excluding steroid dienone is 1. The lowest BCUT2D eigenvalue weighted by atomic mass is 9.81. The summed E-state index contributed by atoms with van der Waals surface area (Å²) in [6.45, 7) is 2.96. The highest BCUT2D eigenvalue weighted by Gasteiger charge is 2.43. The number of carbonyl (C=O) groups is 1. The van der Waals surface area contributed by atoms with E-state index in [1.54, 1.807) is 0 Å². The summed E-state index contributed by atoms with van der Waals surface area (Å²) in [7, 11) is 2.18. The van der Waals surface area contributed by atoms with Crippen LogP contribution in [0.25, 0.3) is 10.9 Å². The zero-order valence-electron chi connectivity index (χ0n) is 13.6. The van der Waals surface area contributed by atoms with Crippen LogP contribution >= 0.6 is 22.6 Å². The van der Waals surface area contributed by atoms with E-state index in [2.05, 4.69) is 76.4 Å². The molecule has 0 aliphatic carbocycles. The summed E-state index contributed by atoms with van der Waals surface area (Å²) >= 11 is 2.40. The Morgan fingerprint density at radius 3 is 2.91 bits per heavy atom. The Bertz CT molecular complexity index is 820. The molecule has 4 heteroatoms. The summed E-state index contributed by atoms with van der Waals surface area (Å²) in [6.07, 6.45) is 4.68. The van der Waals surface area contributed by atoms with Crippen LogP contribution in [0.5, 0.6) is 0 Å². The Kier molecular flexibility index (Phi) is 3.84. The van der Waals surface area contributed by atoms with E-state index < -0.39 is 0 Å². The molecule has 3 heterocycles. The maximum atomic E-state index is 12.6. The molecule has 2 aliphatic rings. The molecule has 0 radical (unpaired) electrons. The molecular formula is C19H21IN2O. The molecule has 120 valence electrons. The van der Waals surface area contributed by atoms with Crippen molar-refractivity contribution in [2.24, 2.45) is 7.05 Å². The van der Waals surface area contributed by atoms with Crippen LogP contribution in [0.3, 0.4) is 0 Å². The second-order valence-electron chi connectivity index (χ2n) is 6.59. The molecule has 1 fully saturated rings. The first-order valence-electron chi connectivity index (χ1n) is 8.27. The van der Waals surface area contributed by atoms with Gasteiger partial charge in [-0.3, -0.25) is 9.69 Å². The van der Waals surface area contributed by atoms with Crippen molar-refractivity contribution in [1.82, 2.24) is 9.47 Å². The van der Waals surface area contributed by atoms with E-state index >= 15 is 0 Å². The second-order valence-corrected chi connectivity index (χ2v) is 7.97. The van der Waals surface area contributed by atoms with E-state index in [0.717, 1.165) is 25.8 Å². The summed E-state index contributed by atoms with van der Waals surface area (Å²) in [6, 6.07) is 9.03.